The second kappa shape index (κ2) is 5.26. The Morgan fingerprint density at radius 1 is 1.05 bits per heavy atom. The Balaban J connectivity index is 1.98. The van der Waals surface area contributed by atoms with Gasteiger partial charge in [0.25, 0.3) is 0 Å². The Bertz CT molecular complexity index is 533. The van der Waals surface area contributed by atoms with Crippen LogP contribution >= 0.6 is 0 Å². The molecular formula is C13H12F3N3. The van der Waals surface area contributed by atoms with E-state index >= 15 is 0 Å². The molecule has 0 unspecified atom stereocenters. The van der Waals surface area contributed by atoms with Crippen LogP contribution in [0.2, 0.25) is 0 Å². The second-order valence-corrected chi connectivity index (χ2v) is 4.08. The summed E-state index contributed by atoms with van der Waals surface area (Å²) in [4.78, 5) is 8.23. The van der Waals surface area contributed by atoms with Crippen LogP contribution in [0.5, 0.6) is 0 Å². The largest absolute Gasteiger partial charge is 0.416 e. The van der Waals surface area contributed by atoms with E-state index in [1.54, 1.807) is 12.4 Å². The van der Waals surface area contributed by atoms with Crippen LogP contribution in [-0.2, 0) is 12.7 Å². The summed E-state index contributed by atoms with van der Waals surface area (Å²) in [5, 5.41) is 2.99. The summed E-state index contributed by atoms with van der Waals surface area (Å²) in [5.41, 5.74) is 1.49. The van der Waals surface area contributed by atoms with E-state index in [1.165, 1.54) is 12.1 Å². The van der Waals surface area contributed by atoms with E-state index in [9.17, 15) is 13.2 Å². The van der Waals surface area contributed by atoms with Crippen molar-refractivity contribution >= 4 is 5.69 Å². The second-order valence-electron chi connectivity index (χ2n) is 4.08. The molecule has 0 atom stereocenters. The average Bonchev–Trinajstić information content (AvgIpc) is 2.37. The fourth-order valence-electron chi connectivity index (χ4n) is 1.48. The summed E-state index contributed by atoms with van der Waals surface area (Å²) < 4.78 is 37.1. The number of aromatic nitrogens is 2. The fraction of sp³-hybridized carbons (Fsp3) is 0.231. The third-order valence-corrected chi connectivity index (χ3v) is 2.52. The summed E-state index contributed by atoms with van der Waals surface area (Å²) in [7, 11) is 0. The highest BCUT2D eigenvalue weighted by molar-refractivity contribution is 5.45. The number of aryl methyl sites for hydroxylation is 1. The van der Waals surface area contributed by atoms with Crippen LogP contribution in [0, 0.1) is 6.92 Å². The fourth-order valence-corrected chi connectivity index (χ4v) is 1.48. The molecule has 1 heterocycles. The molecule has 0 spiro atoms. The Kier molecular flexibility index (Phi) is 3.69. The van der Waals surface area contributed by atoms with E-state index in [4.69, 9.17) is 0 Å². The lowest BCUT2D eigenvalue weighted by atomic mass is 10.2. The minimum absolute atomic E-state index is 0.415. The first-order valence-electron chi connectivity index (χ1n) is 5.64. The van der Waals surface area contributed by atoms with Crippen molar-refractivity contribution in [3.05, 3.63) is 53.6 Å². The first kappa shape index (κ1) is 13.3. The highest BCUT2D eigenvalue weighted by atomic mass is 19.4. The normalized spacial score (nSPS) is 11.4. The highest BCUT2D eigenvalue weighted by Crippen LogP contribution is 2.29. The first-order chi connectivity index (χ1) is 8.95. The molecule has 6 heteroatoms. The molecule has 2 rings (SSSR count). The molecule has 0 aliphatic heterocycles. The number of nitrogens with zero attached hydrogens (tertiary/aromatic N) is 2. The lowest BCUT2D eigenvalue weighted by molar-refractivity contribution is -0.137. The molecule has 0 saturated heterocycles. The van der Waals surface area contributed by atoms with Gasteiger partial charge >= 0.3 is 6.18 Å². The van der Waals surface area contributed by atoms with Gasteiger partial charge in [0.2, 0.25) is 0 Å². The van der Waals surface area contributed by atoms with Crippen LogP contribution in [-0.4, -0.2) is 9.97 Å². The minimum atomic E-state index is -4.30. The van der Waals surface area contributed by atoms with Gasteiger partial charge in [0.05, 0.1) is 29.7 Å². The van der Waals surface area contributed by atoms with E-state index < -0.39 is 11.7 Å². The Morgan fingerprint density at radius 3 is 2.26 bits per heavy atom. The Labute approximate surface area is 108 Å². The van der Waals surface area contributed by atoms with Gasteiger partial charge in [0.15, 0.2) is 0 Å². The Morgan fingerprint density at radius 2 is 1.74 bits per heavy atom. The number of alkyl halides is 3. The molecule has 0 saturated carbocycles. The summed E-state index contributed by atoms with van der Waals surface area (Å²) in [6, 6.07) is 4.88. The van der Waals surface area contributed by atoms with Crippen LogP contribution in [0.4, 0.5) is 18.9 Å². The van der Waals surface area contributed by atoms with Crippen molar-refractivity contribution in [2.45, 2.75) is 19.6 Å². The van der Waals surface area contributed by atoms with Crippen LogP contribution < -0.4 is 5.32 Å². The number of nitrogens with one attached hydrogen (secondary N) is 1. The highest BCUT2D eigenvalue weighted by Gasteiger charge is 2.29. The van der Waals surface area contributed by atoms with Crippen LogP contribution in [0.1, 0.15) is 17.0 Å². The zero-order valence-electron chi connectivity index (χ0n) is 10.2. The lowest BCUT2D eigenvalue weighted by Crippen LogP contribution is -2.06. The van der Waals surface area contributed by atoms with Gasteiger partial charge in [-0.1, -0.05) is 0 Å². The first-order valence-corrected chi connectivity index (χ1v) is 5.64. The van der Waals surface area contributed by atoms with Gasteiger partial charge in [-0.05, 0) is 31.2 Å². The number of halogens is 3. The molecule has 0 aliphatic rings. The third-order valence-electron chi connectivity index (χ3n) is 2.52. The van der Waals surface area contributed by atoms with Crippen molar-refractivity contribution in [1.29, 1.82) is 0 Å². The molecule has 0 bridgehead atoms. The van der Waals surface area contributed by atoms with E-state index in [1.807, 2.05) is 6.92 Å². The zero-order chi connectivity index (χ0) is 13.9. The predicted octanol–water partition coefficient (Wildman–Crippen LogP) is 3.42. The topological polar surface area (TPSA) is 37.8 Å². The molecule has 1 aromatic carbocycles. The number of benzene rings is 1. The van der Waals surface area contributed by atoms with Gasteiger partial charge in [-0.25, -0.2) is 0 Å². The summed E-state index contributed by atoms with van der Waals surface area (Å²) in [6.07, 6.45) is -1.03. The summed E-state index contributed by atoms with van der Waals surface area (Å²) in [5.74, 6) is 0. The molecule has 1 aromatic heterocycles. The van der Waals surface area contributed by atoms with Crippen molar-refractivity contribution in [1.82, 2.24) is 9.97 Å². The van der Waals surface area contributed by atoms with E-state index in [2.05, 4.69) is 15.3 Å². The van der Waals surface area contributed by atoms with Crippen LogP contribution in [0.15, 0.2) is 36.7 Å². The summed E-state index contributed by atoms with van der Waals surface area (Å²) in [6.45, 7) is 2.25. The number of hydrogen-bond donors (Lipinski definition) is 1. The van der Waals surface area contributed by atoms with Gasteiger partial charge in [0.1, 0.15) is 0 Å². The van der Waals surface area contributed by atoms with Crippen molar-refractivity contribution in [3.8, 4) is 0 Å². The molecule has 0 fully saturated rings. The molecular weight excluding hydrogens is 255 g/mol. The van der Waals surface area contributed by atoms with E-state index in [0.717, 1.165) is 23.5 Å². The predicted molar refractivity (Wildman–Crippen MR) is 65.5 cm³/mol. The molecule has 1 N–H and O–H groups in total. The number of anilines is 1. The maximum Gasteiger partial charge on any atom is 0.416 e. The van der Waals surface area contributed by atoms with Gasteiger partial charge in [-0.15, -0.1) is 0 Å². The monoisotopic (exact) mass is 267 g/mol. The van der Waals surface area contributed by atoms with Gasteiger partial charge in [0, 0.05) is 11.9 Å². The van der Waals surface area contributed by atoms with Crippen molar-refractivity contribution < 1.29 is 13.2 Å². The average molecular weight is 267 g/mol. The lowest BCUT2D eigenvalue weighted by Gasteiger charge is -2.09. The van der Waals surface area contributed by atoms with Gasteiger partial charge < -0.3 is 5.32 Å². The quantitative estimate of drug-likeness (QED) is 0.926. The molecule has 0 radical (unpaired) electrons. The molecule has 19 heavy (non-hydrogen) atoms. The van der Waals surface area contributed by atoms with Gasteiger partial charge in [-0.3, -0.25) is 9.97 Å². The zero-order valence-corrected chi connectivity index (χ0v) is 10.2. The SMILES string of the molecule is Cc1cnc(CNc2ccc(C(F)(F)F)cc2)cn1. The molecule has 2 aromatic rings. The van der Waals surface area contributed by atoms with E-state index in [0.29, 0.717) is 12.2 Å². The number of hydrogen-bond acceptors (Lipinski definition) is 3. The molecule has 0 amide bonds. The number of rotatable bonds is 3. The van der Waals surface area contributed by atoms with Crippen LogP contribution in [0.25, 0.3) is 0 Å². The Hall–Kier alpha value is -2.11. The molecule has 100 valence electrons. The maximum atomic E-state index is 12.4. The van der Waals surface area contributed by atoms with Gasteiger partial charge in [-0.2, -0.15) is 13.2 Å². The van der Waals surface area contributed by atoms with Crippen molar-refractivity contribution in [3.63, 3.8) is 0 Å². The minimum Gasteiger partial charge on any atom is -0.379 e. The van der Waals surface area contributed by atoms with Crippen molar-refractivity contribution in [2.75, 3.05) is 5.32 Å². The smallest absolute Gasteiger partial charge is 0.379 e. The maximum absolute atomic E-state index is 12.4. The standard InChI is InChI=1S/C13H12F3N3/c1-9-6-18-12(7-17-9)8-19-11-4-2-10(3-5-11)13(14,15)16/h2-7,19H,8H2,1H3. The van der Waals surface area contributed by atoms with Crippen LogP contribution in [0.3, 0.4) is 0 Å². The van der Waals surface area contributed by atoms with E-state index in [-0.39, 0.29) is 0 Å². The molecule has 0 aliphatic carbocycles. The molecule has 3 nitrogen and oxygen atoms in total. The summed E-state index contributed by atoms with van der Waals surface area (Å²) >= 11 is 0. The third kappa shape index (κ3) is 3.67. The van der Waals surface area contributed by atoms with Crippen molar-refractivity contribution in [2.24, 2.45) is 0 Å².